The van der Waals surface area contributed by atoms with Crippen LogP contribution in [-0.2, 0) is 0 Å². The Morgan fingerprint density at radius 2 is 2.40 bits per heavy atom. The van der Waals surface area contributed by atoms with Crippen molar-refractivity contribution in [3.05, 3.63) is 29.6 Å². The third-order valence-corrected chi connectivity index (χ3v) is 1.38. The van der Waals surface area contributed by atoms with E-state index in [1.54, 1.807) is 6.08 Å². The van der Waals surface area contributed by atoms with Crippen LogP contribution in [-0.4, -0.2) is 11.2 Å². The second-order valence-electron chi connectivity index (χ2n) is 2.17. The van der Waals surface area contributed by atoms with Crippen LogP contribution in [0.15, 0.2) is 12.6 Å². The maximum absolute atomic E-state index is 7.00. The van der Waals surface area contributed by atoms with Gasteiger partial charge in [0.2, 0.25) is 0 Å². The summed E-state index contributed by atoms with van der Waals surface area (Å²) in [5.74, 6) is 0. The maximum Gasteiger partial charge on any atom is 0.0634 e. The van der Waals surface area contributed by atoms with Gasteiger partial charge in [0, 0.05) is 17.5 Å². The lowest BCUT2D eigenvalue weighted by molar-refractivity contribution is 1.25. The molecular weight excluding hydrogens is 124 g/mol. The summed E-state index contributed by atoms with van der Waals surface area (Å²) in [5, 5.41) is 7.00. The number of H-pyrrole nitrogens is 1. The third-order valence-electron chi connectivity index (χ3n) is 1.38. The average Bonchev–Trinajstić information content (AvgIpc) is 2.30. The fraction of sp³-hybridized carbons (Fsp3) is 0.125. The van der Waals surface area contributed by atoms with Gasteiger partial charge in [-0.05, 0) is 13.0 Å². The highest BCUT2D eigenvalue weighted by molar-refractivity contribution is 5.81. The third kappa shape index (κ3) is 1.00. The molecule has 0 bridgehead atoms. The van der Waals surface area contributed by atoms with Crippen molar-refractivity contribution in [2.75, 3.05) is 0 Å². The van der Waals surface area contributed by atoms with Crippen LogP contribution in [0.2, 0.25) is 0 Å². The Morgan fingerprint density at radius 1 is 1.70 bits per heavy atom. The number of rotatable bonds is 2. The number of nitrogens with one attached hydrogen (secondary N) is 2. The molecule has 52 valence electrons. The predicted octanol–water partition coefficient (Wildman–Crippen LogP) is 1.96. The van der Waals surface area contributed by atoms with E-state index in [1.165, 1.54) is 6.21 Å². The van der Waals surface area contributed by atoms with Crippen LogP contribution in [0.4, 0.5) is 0 Å². The smallest absolute Gasteiger partial charge is 0.0634 e. The highest BCUT2D eigenvalue weighted by atomic mass is 14.7. The van der Waals surface area contributed by atoms with Crippen LogP contribution in [0.1, 0.15) is 17.0 Å². The first-order valence-corrected chi connectivity index (χ1v) is 3.10. The zero-order chi connectivity index (χ0) is 7.56. The van der Waals surface area contributed by atoms with E-state index in [1.807, 2.05) is 13.0 Å². The van der Waals surface area contributed by atoms with Crippen molar-refractivity contribution in [2.24, 2.45) is 0 Å². The summed E-state index contributed by atoms with van der Waals surface area (Å²) in [6.45, 7) is 5.59. The zero-order valence-corrected chi connectivity index (χ0v) is 5.94. The summed E-state index contributed by atoms with van der Waals surface area (Å²) in [4.78, 5) is 3.03. The Morgan fingerprint density at radius 3 is 2.80 bits per heavy atom. The topological polar surface area (TPSA) is 39.6 Å². The van der Waals surface area contributed by atoms with Gasteiger partial charge >= 0.3 is 0 Å². The van der Waals surface area contributed by atoms with E-state index in [-0.39, 0.29) is 0 Å². The molecule has 0 spiro atoms. The predicted molar refractivity (Wildman–Crippen MR) is 43.5 cm³/mol. The lowest BCUT2D eigenvalue weighted by atomic mass is 10.2. The highest BCUT2D eigenvalue weighted by Crippen LogP contribution is 2.08. The van der Waals surface area contributed by atoms with E-state index in [0.717, 1.165) is 17.0 Å². The Labute approximate surface area is 60.1 Å². The van der Waals surface area contributed by atoms with E-state index in [2.05, 4.69) is 11.6 Å². The molecule has 0 amide bonds. The van der Waals surface area contributed by atoms with Gasteiger partial charge in [-0.1, -0.05) is 12.7 Å². The maximum atomic E-state index is 7.00. The van der Waals surface area contributed by atoms with Gasteiger partial charge in [-0.3, -0.25) is 0 Å². The van der Waals surface area contributed by atoms with Crippen LogP contribution in [0.25, 0.3) is 6.08 Å². The zero-order valence-electron chi connectivity index (χ0n) is 5.94. The summed E-state index contributed by atoms with van der Waals surface area (Å²) in [7, 11) is 0. The summed E-state index contributed by atoms with van der Waals surface area (Å²) in [5.41, 5.74) is 2.88. The second-order valence-corrected chi connectivity index (χ2v) is 2.17. The highest BCUT2D eigenvalue weighted by Gasteiger charge is 1.97. The SMILES string of the molecule is C=Cc1cc(C)[nH]c1C=N. The minimum absolute atomic E-state index is 0.826. The number of hydrogen-bond donors (Lipinski definition) is 2. The summed E-state index contributed by atoms with van der Waals surface area (Å²) < 4.78 is 0. The largest absolute Gasteiger partial charge is 0.357 e. The number of aromatic nitrogens is 1. The lowest BCUT2D eigenvalue weighted by Gasteiger charge is -1.85. The van der Waals surface area contributed by atoms with Crippen molar-refractivity contribution in [1.29, 1.82) is 5.41 Å². The van der Waals surface area contributed by atoms with E-state index in [9.17, 15) is 0 Å². The Kier molecular flexibility index (Phi) is 1.71. The monoisotopic (exact) mass is 134 g/mol. The van der Waals surface area contributed by atoms with Crippen LogP contribution >= 0.6 is 0 Å². The van der Waals surface area contributed by atoms with Crippen molar-refractivity contribution < 1.29 is 0 Å². The quantitative estimate of drug-likeness (QED) is 0.580. The van der Waals surface area contributed by atoms with Crippen molar-refractivity contribution in [1.82, 2.24) is 4.98 Å². The molecule has 0 radical (unpaired) electrons. The Bertz CT molecular complexity index is 233. The summed E-state index contributed by atoms with van der Waals surface area (Å²) in [6.07, 6.45) is 3.04. The first kappa shape index (κ1) is 6.81. The van der Waals surface area contributed by atoms with E-state index in [0.29, 0.717) is 0 Å². The molecule has 0 saturated heterocycles. The number of aryl methyl sites for hydroxylation is 1. The van der Waals surface area contributed by atoms with E-state index >= 15 is 0 Å². The van der Waals surface area contributed by atoms with Crippen LogP contribution in [0.5, 0.6) is 0 Å². The van der Waals surface area contributed by atoms with E-state index in [4.69, 9.17) is 5.41 Å². The van der Waals surface area contributed by atoms with Gasteiger partial charge in [0.25, 0.3) is 0 Å². The molecule has 1 rings (SSSR count). The second kappa shape index (κ2) is 2.52. The number of aromatic amines is 1. The minimum atomic E-state index is 0.826. The molecule has 0 saturated carbocycles. The van der Waals surface area contributed by atoms with Gasteiger partial charge in [-0.15, -0.1) is 0 Å². The number of hydrogen-bond acceptors (Lipinski definition) is 1. The van der Waals surface area contributed by atoms with Crippen molar-refractivity contribution in [2.45, 2.75) is 6.92 Å². The molecule has 0 aromatic carbocycles. The fourth-order valence-corrected chi connectivity index (χ4v) is 0.920. The van der Waals surface area contributed by atoms with Gasteiger partial charge in [-0.2, -0.15) is 0 Å². The lowest BCUT2D eigenvalue weighted by Crippen LogP contribution is -1.81. The van der Waals surface area contributed by atoms with Gasteiger partial charge in [-0.25, -0.2) is 0 Å². The van der Waals surface area contributed by atoms with Gasteiger partial charge in [0.05, 0.1) is 5.69 Å². The molecule has 1 aromatic rings. The summed E-state index contributed by atoms with van der Waals surface area (Å²) >= 11 is 0. The molecule has 10 heavy (non-hydrogen) atoms. The minimum Gasteiger partial charge on any atom is -0.357 e. The first-order valence-electron chi connectivity index (χ1n) is 3.10. The summed E-state index contributed by atoms with van der Waals surface area (Å²) in [6, 6.07) is 1.97. The standard InChI is InChI=1S/C8H10N2/c1-3-7-4-6(2)10-8(7)5-9/h3-5,9-10H,1H2,2H3. The van der Waals surface area contributed by atoms with Crippen molar-refractivity contribution in [3.8, 4) is 0 Å². The average molecular weight is 134 g/mol. The molecule has 1 aromatic heterocycles. The van der Waals surface area contributed by atoms with E-state index < -0.39 is 0 Å². The Balaban J connectivity index is 3.20. The molecule has 2 heteroatoms. The Hall–Kier alpha value is -1.31. The van der Waals surface area contributed by atoms with Crippen molar-refractivity contribution >= 4 is 12.3 Å². The first-order chi connectivity index (χ1) is 4.77. The van der Waals surface area contributed by atoms with Gasteiger partial charge in [0.15, 0.2) is 0 Å². The molecule has 1 heterocycles. The molecule has 2 nitrogen and oxygen atoms in total. The van der Waals surface area contributed by atoms with Crippen LogP contribution in [0.3, 0.4) is 0 Å². The fourth-order valence-electron chi connectivity index (χ4n) is 0.920. The van der Waals surface area contributed by atoms with Crippen molar-refractivity contribution in [3.63, 3.8) is 0 Å². The molecule has 0 atom stereocenters. The molecule has 0 aliphatic carbocycles. The molecule has 0 aliphatic heterocycles. The molecule has 0 unspecified atom stereocenters. The van der Waals surface area contributed by atoms with Gasteiger partial charge < -0.3 is 10.4 Å². The van der Waals surface area contributed by atoms with Crippen LogP contribution in [0, 0.1) is 12.3 Å². The normalized spacial score (nSPS) is 9.30. The molecule has 2 N–H and O–H groups in total. The van der Waals surface area contributed by atoms with Gasteiger partial charge in [0.1, 0.15) is 0 Å². The molecule has 0 fully saturated rings. The van der Waals surface area contributed by atoms with Crippen LogP contribution < -0.4 is 0 Å². The molecular formula is C8H10N2. The molecule has 0 aliphatic rings.